The van der Waals surface area contributed by atoms with Gasteiger partial charge in [-0.1, -0.05) is 74.0 Å². The number of urea groups is 1. The van der Waals surface area contributed by atoms with Crippen LogP contribution in [0.1, 0.15) is 42.9 Å². The van der Waals surface area contributed by atoms with Gasteiger partial charge in [-0.15, -0.1) is 0 Å². The molecule has 200 valence electrons. The summed E-state index contributed by atoms with van der Waals surface area (Å²) in [5.74, 6) is 1.18. The summed E-state index contributed by atoms with van der Waals surface area (Å²) in [4.78, 5) is 31.2. The van der Waals surface area contributed by atoms with Gasteiger partial charge in [0.15, 0.2) is 5.54 Å². The molecule has 0 spiro atoms. The van der Waals surface area contributed by atoms with E-state index in [1.54, 1.807) is 31.0 Å². The normalized spacial score (nSPS) is 18.9. The number of unbranched alkanes of at least 4 members (excludes halogenated alkanes) is 1. The highest BCUT2D eigenvalue weighted by Gasteiger charge is 2.60. The maximum atomic E-state index is 14.3. The monoisotopic (exact) mass is 515 g/mol. The molecule has 7 heteroatoms. The van der Waals surface area contributed by atoms with Crippen molar-refractivity contribution in [3.63, 3.8) is 0 Å². The summed E-state index contributed by atoms with van der Waals surface area (Å²) in [6.45, 7) is 2.58. The molecule has 0 radical (unpaired) electrons. The molecule has 1 N–H and O–H groups in total. The molecule has 0 aromatic heterocycles. The van der Waals surface area contributed by atoms with Crippen LogP contribution in [-0.2, 0) is 23.4 Å². The molecule has 0 unspecified atom stereocenters. The number of ether oxygens (including phenoxy) is 2. The van der Waals surface area contributed by atoms with Crippen LogP contribution in [-0.4, -0.2) is 49.1 Å². The van der Waals surface area contributed by atoms with Crippen molar-refractivity contribution in [1.29, 1.82) is 0 Å². The van der Waals surface area contributed by atoms with E-state index in [1.165, 1.54) is 0 Å². The van der Waals surface area contributed by atoms with Gasteiger partial charge in [0.05, 0.1) is 7.11 Å². The van der Waals surface area contributed by atoms with Crippen molar-refractivity contribution in [3.05, 3.63) is 95.6 Å². The van der Waals surface area contributed by atoms with Crippen molar-refractivity contribution in [2.75, 3.05) is 21.2 Å². The van der Waals surface area contributed by atoms with Crippen molar-refractivity contribution < 1.29 is 19.1 Å². The number of likely N-dealkylation sites (N-methyl/N-ethyl adjacent to an activating group) is 1. The van der Waals surface area contributed by atoms with Crippen LogP contribution in [0.4, 0.5) is 4.79 Å². The molecule has 1 aliphatic heterocycles. The zero-order valence-corrected chi connectivity index (χ0v) is 22.6. The van der Waals surface area contributed by atoms with E-state index >= 15 is 0 Å². The zero-order chi connectivity index (χ0) is 27.1. The highest BCUT2D eigenvalue weighted by atomic mass is 16.5. The van der Waals surface area contributed by atoms with E-state index < -0.39 is 5.54 Å². The number of hydrogen-bond acceptors (Lipinski definition) is 4. The number of nitrogens with zero attached hydrogens (tertiary/aromatic N) is 2. The van der Waals surface area contributed by atoms with Gasteiger partial charge in [0.2, 0.25) is 0 Å². The van der Waals surface area contributed by atoms with Gasteiger partial charge < -0.3 is 19.7 Å². The lowest BCUT2D eigenvalue weighted by molar-refractivity contribution is -0.133. The van der Waals surface area contributed by atoms with Crippen molar-refractivity contribution in [1.82, 2.24) is 15.1 Å². The van der Waals surface area contributed by atoms with Gasteiger partial charge in [-0.25, -0.2) is 4.79 Å². The van der Waals surface area contributed by atoms with Gasteiger partial charge in [0, 0.05) is 26.1 Å². The lowest BCUT2D eigenvalue weighted by atomic mass is 9.81. The number of para-hydroxylation sites is 1. The average molecular weight is 516 g/mol. The van der Waals surface area contributed by atoms with E-state index in [0.717, 1.165) is 29.7 Å². The summed E-state index contributed by atoms with van der Waals surface area (Å²) in [5, 5.41) is 2.79. The van der Waals surface area contributed by atoms with Crippen LogP contribution in [0.3, 0.4) is 0 Å². The Kier molecular flexibility index (Phi) is 8.56. The van der Waals surface area contributed by atoms with Crippen LogP contribution < -0.4 is 14.8 Å². The Morgan fingerprint density at radius 1 is 0.974 bits per heavy atom. The first-order valence-corrected chi connectivity index (χ1v) is 13.1. The van der Waals surface area contributed by atoms with Crippen molar-refractivity contribution in [2.24, 2.45) is 0 Å². The Labute approximate surface area is 225 Å². The number of benzene rings is 3. The summed E-state index contributed by atoms with van der Waals surface area (Å²) in [6, 6.07) is 24.9. The summed E-state index contributed by atoms with van der Waals surface area (Å²) in [7, 11) is 4.98. The molecule has 2 atom stereocenters. The van der Waals surface area contributed by atoms with E-state index in [2.05, 4.69) is 12.2 Å². The second-order valence-electron chi connectivity index (χ2n) is 9.62. The van der Waals surface area contributed by atoms with Crippen LogP contribution in [0.15, 0.2) is 78.9 Å². The molecule has 1 saturated heterocycles. The highest BCUT2D eigenvalue weighted by Crippen LogP contribution is 2.46. The minimum atomic E-state index is -1.27. The molecule has 0 saturated carbocycles. The minimum absolute atomic E-state index is 0.129. The molecule has 0 aliphatic carbocycles. The molecule has 3 aromatic rings. The number of carbonyl (C=O) groups is 2. The molecule has 38 heavy (non-hydrogen) atoms. The summed E-state index contributed by atoms with van der Waals surface area (Å²) in [6.07, 6.45) is 2.47. The van der Waals surface area contributed by atoms with E-state index in [4.69, 9.17) is 9.47 Å². The first-order chi connectivity index (χ1) is 18.5. The lowest BCUT2D eigenvalue weighted by Gasteiger charge is -2.39. The molecule has 4 rings (SSSR count). The summed E-state index contributed by atoms with van der Waals surface area (Å²) < 4.78 is 11.7. The number of rotatable bonds is 10. The maximum Gasteiger partial charge on any atom is 0.319 e. The largest absolute Gasteiger partial charge is 0.496 e. The number of carbonyl (C=O) groups excluding carboxylic acids is 2. The van der Waals surface area contributed by atoms with Gasteiger partial charge in [-0.2, -0.15) is 0 Å². The lowest BCUT2D eigenvalue weighted by Crippen LogP contribution is -2.55. The quantitative estimate of drug-likeness (QED) is 0.396. The summed E-state index contributed by atoms with van der Waals surface area (Å²) >= 11 is 0. The summed E-state index contributed by atoms with van der Waals surface area (Å²) in [5.41, 5.74) is 1.40. The van der Waals surface area contributed by atoms with E-state index in [1.807, 2.05) is 78.9 Å². The van der Waals surface area contributed by atoms with Crippen LogP contribution in [0.2, 0.25) is 0 Å². The fourth-order valence-corrected chi connectivity index (χ4v) is 5.32. The molecule has 3 amide bonds. The van der Waals surface area contributed by atoms with Crippen LogP contribution in [0, 0.1) is 0 Å². The van der Waals surface area contributed by atoms with E-state index in [9.17, 15) is 9.59 Å². The molecule has 1 heterocycles. The fourth-order valence-electron chi connectivity index (χ4n) is 5.32. The van der Waals surface area contributed by atoms with Gasteiger partial charge in [0.1, 0.15) is 24.3 Å². The minimum Gasteiger partial charge on any atom is -0.496 e. The maximum absolute atomic E-state index is 14.3. The predicted octanol–water partition coefficient (Wildman–Crippen LogP) is 5.34. The zero-order valence-electron chi connectivity index (χ0n) is 22.6. The number of nitrogens with one attached hydrogen (secondary N) is 1. The Morgan fingerprint density at radius 2 is 1.66 bits per heavy atom. The number of hydrogen-bond donors (Lipinski definition) is 1. The van der Waals surface area contributed by atoms with Crippen molar-refractivity contribution in [3.8, 4) is 11.5 Å². The smallest absolute Gasteiger partial charge is 0.319 e. The van der Waals surface area contributed by atoms with E-state index in [0.29, 0.717) is 30.8 Å². The van der Waals surface area contributed by atoms with Gasteiger partial charge in [0.25, 0.3) is 5.91 Å². The van der Waals surface area contributed by atoms with Crippen LogP contribution in [0.5, 0.6) is 11.5 Å². The van der Waals surface area contributed by atoms with Crippen LogP contribution >= 0.6 is 0 Å². The second kappa shape index (κ2) is 12.0. The molecule has 3 aromatic carbocycles. The molecule has 7 nitrogen and oxygen atoms in total. The third-order valence-electron chi connectivity index (χ3n) is 7.26. The molecular formula is C31H37N3O4. The molecule has 1 aliphatic rings. The molecule has 0 bridgehead atoms. The third kappa shape index (κ3) is 5.19. The van der Waals surface area contributed by atoms with Gasteiger partial charge >= 0.3 is 6.03 Å². The molecule has 1 fully saturated rings. The third-order valence-corrected chi connectivity index (χ3v) is 7.26. The Bertz CT molecular complexity index is 1230. The highest BCUT2D eigenvalue weighted by molar-refractivity contribution is 5.96. The van der Waals surface area contributed by atoms with Gasteiger partial charge in [-0.3, -0.25) is 9.69 Å². The molecular weight excluding hydrogens is 478 g/mol. The van der Waals surface area contributed by atoms with Crippen molar-refractivity contribution >= 4 is 11.9 Å². The topological polar surface area (TPSA) is 71.1 Å². The number of amides is 3. The Hall–Kier alpha value is -4.00. The Balaban J connectivity index is 1.74. The second-order valence-corrected chi connectivity index (χ2v) is 9.62. The number of methoxy groups -OCH3 is 1. The predicted molar refractivity (Wildman–Crippen MR) is 148 cm³/mol. The first-order valence-electron chi connectivity index (χ1n) is 13.1. The van der Waals surface area contributed by atoms with Gasteiger partial charge in [-0.05, 0) is 42.2 Å². The van der Waals surface area contributed by atoms with E-state index in [-0.39, 0.29) is 18.1 Å². The SMILES string of the molecule is CCCC[C@H]1N(C)C(=O)[C@@](Cc2ccc(OCc3ccccc3)cc2)(c2ccccc2OC)N1C(=O)NC. The van der Waals surface area contributed by atoms with Crippen LogP contribution in [0.25, 0.3) is 0 Å². The standard InChI is InChI=1S/C31H37N3O4/c1-5-6-16-28-33(3)29(35)31(34(28)30(36)32-2,26-14-10-11-15-27(26)37-4)21-23-17-19-25(20-18-23)38-22-24-12-8-7-9-13-24/h7-15,17-20,28H,5-6,16,21-22H2,1-4H3,(H,32,36)/t28-,31+/m0/s1. The fraction of sp³-hybridized carbons (Fsp3) is 0.355. The Morgan fingerprint density at radius 3 is 2.32 bits per heavy atom. The van der Waals surface area contributed by atoms with Crippen molar-refractivity contribution in [2.45, 2.75) is 50.9 Å². The average Bonchev–Trinajstić information content (AvgIpc) is 3.17. The first kappa shape index (κ1) is 27.0.